The highest BCUT2D eigenvalue weighted by Gasteiger charge is 2.16. The number of aromatic nitrogens is 2. The fourth-order valence-electron chi connectivity index (χ4n) is 2.34. The van der Waals surface area contributed by atoms with Gasteiger partial charge in [-0.15, -0.1) is 9.80 Å². The second-order valence-electron chi connectivity index (χ2n) is 5.11. The van der Waals surface area contributed by atoms with Crippen molar-refractivity contribution in [1.29, 1.82) is 0 Å². The number of phenols is 1. The van der Waals surface area contributed by atoms with Crippen molar-refractivity contribution in [2.45, 2.75) is 6.42 Å². The molecule has 0 aliphatic heterocycles. The van der Waals surface area contributed by atoms with Crippen LogP contribution in [0.3, 0.4) is 0 Å². The van der Waals surface area contributed by atoms with E-state index in [0.29, 0.717) is 17.8 Å². The topological polar surface area (TPSA) is 53.8 Å². The predicted molar refractivity (Wildman–Crippen MR) is 86.1 cm³/mol. The summed E-state index contributed by atoms with van der Waals surface area (Å²) in [6.07, 6.45) is 10.1. The van der Waals surface area contributed by atoms with Gasteiger partial charge in [-0.2, -0.15) is 9.80 Å². The van der Waals surface area contributed by atoms with Crippen LogP contribution in [0.25, 0.3) is 10.9 Å². The normalized spacial score (nSPS) is 15.2. The molecule has 0 saturated carbocycles. The number of allylic oxidation sites excluding steroid dienone is 5. The summed E-state index contributed by atoms with van der Waals surface area (Å²) in [5.74, 6) is 0.102. The van der Waals surface area contributed by atoms with Crippen molar-refractivity contribution >= 4 is 28.2 Å². The van der Waals surface area contributed by atoms with Gasteiger partial charge in [0.15, 0.2) is 12.7 Å². The van der Waals surface area contributed by atoms with Gasteiger partial charge in [0.25, 0.3) is 0 Å². The molecule has 1 N–H and O–H groups in total. The summed E-state index contributed by atoms with van der Waals surface area (Å²) in [6.45, 7) is 0. The highest BCUT2D eigenvalue weighted by Crippen LogP contribution is 2.35. The molecule has 22 heavy (non-hydrogen) atoms. The van der Waals surface area contributed by atoms with E-state index >= 15 is 0 Å². The van der Waals surface area contributed by atoms with Crippen molar-refractivity contribution < 1.29 is 9.79 Å². The SMILES string of the molecule is Cn1c2c(N=NC3=CC=C(Cl)CC=C3)c(O)ccc2c[n+]1C. The number of hydrogen-bond acceptors (Lipinski definition) is 3. The summed E-state index contributed by atoms with van der Waals surface area (Å²) >= 11 is 5.98. The Kier molecular flexibility index (Phi) is 3.81. The Balaban J connectivity index is 2.07. The fraction of sp³-hybridized carbons (Fsp3) is 0.188. The molecule has 0 atom stereocenters. The third-order valence-electron chi connectivity index (χ3n) is 3.59. The van der Waals surface area contributed by atoms with E-state index in [1.807, 2.05) is 47.9 Å². The third-order valence-corrected chi connectivity index (χ3v) is 3.87. The number of phenolic OH excluding ortho intramolecular Hbond substituents is 1. The van der Waals surface area contributed by atoms with E-state index in [0.717, 1.165) is 15.9 Å². The van der Waals surface area contributed by atoms with Crippen LogP contribution in [0.5, 0.6) is 5.75 Å². The average molecular weight is 316 g/mol. The number of azo groups is 1. The zero-order valence-electron chi connectivity index (χ0n) is 12.4. The van der Waals surface area contributed by atoms with Crippen LogP contribution in [0, 0.1) is 0 Å². The first-order chi connectivity index (χ1) is 10.6. The van der Waals surface area contributed by atoms with Crippen LogP contribution >= 0.6 is 11.6 Å². The van der Waals surface area contributed by atoms with Gasteiger partial charge in [-0.05, 0) is 30.4 Å². The number of halogens is 1. The van der Waals surface area contributed by atoms with Gasteiger partial charge in [0, 0.05) is 11.5 Å². The highest BCUT2D eigenvalue weighted by atomic mass is 35.5. The molecule has 1 aromatic heterocycles. The average Bonchev–Trinajstić information content (AvgIpc) is 2.66. The highest BCUT2D eigenvalue weighted by molar-refractivity contribution is 6.29. The Morgan fingerprint density at radius 3 is 2.91 bits per heavy atom. The summed E-state index contributed by atoms with van der Waals surface area (Å²) in [5, 5.41) is 20.3. The summed E-state index contributed by atoms with van der Waals surface area (Å²) in [4.78, 5) is 0. The van der Waals surface area contributed by atoms with Crippen LogP contribution in [-0.2, 0) is 14.1 Å². The van der Waals surface area contributed by atoms with Gasteiger partial charge in [0.2, 0.25) is 6.20 Å². The maximum absolute atomic E-state index is 10.1. The molecule has 6 heteroatoms. The van der Waals surface area contributed by atoms with E-state index in [-0.39, 0.29) is 5.75 Å². The molecular weight excluding hydrogens is 300 g/mol. The van der Waals surface area contributed by atoms with Crippen molar-refractivity contribution in [1.82, 2.24) is 4.68 Å². The Labute approximate surface area is 133 Å². The Morgan fingerprint density at radius 1 is 1.27 bits per heavy atom. The van der Waals surface area contributed by atoms with Crippen LogP contribution in [0.2, 0.25) is 0 Å². The van der Waals surface area contributed by atoms with Crippen molar-refractivity contribution in [3.63, 3.8) is 0 Å². The largest absolute Gasteiger partial charge is 0.506 e. The molecule has 0 unspecified atom stereocenters. The lowest BCUT2D eigenvalue weighted by atomic mass is 10.2. The van der Waals surface area contributed by atoms with E-state index in [2.05, 4.69) is 10.2 Å². The summed E-state index contributed by atoms with van der Waals surface area (Å²) in [5.41, 5.74) is 1.97. The summed E-state index contributed by atoms with van der Waals surface area (Å²) in [6, 6.07) is 3.49. The minimum Gasteiger partial charge on any atom is -0.506 e. The molecule has 0 fully saturated rings. The second kappa shape index (κ2) is 5.77. The van der Waals surface area contributed by atoms with E-state index in [4.69, 9.17) is 11.6 Å². The molecule has 2 aromatic rings. The Bertz CT molecular complexity index is 859. The zero-order chi connectivity index (χ0) is 15.7. The van der Waals surface area contributed by atoms with Gasteiger partial charge >= 0.3 is 0 Å². The maximum Gasteiger partial charge on any atom is 0.203 e. The first kappa shape index (κ1) is 14.5. The van der Waals surface area contributed by atoms with E-state index in [9.17, 15) is 5.11 Å². The van der Waals surface area contributed by atoms with Gasteiger partial charge in [-0.1, -0.05) is 17.7 Å². The Morgan fingerprint density at radius 2 is 2.09 bits per heavy atom. The molecule has 1 aliphatic carbocycles. The first-order valence-corrected chi connectivity index (χ1v) is 7.26. The van der Waals surface area contributed by atoms with Crippen LogP contribution < -0.4 is 4.68 Å². The number of nitrogens with zero attached hydrogens (tertiary/aromatic N) is 4. The number of aryl methyl sites for hydroxylation is 2. The van der Waals surface area contributed by atoms with Crippen molar-refractivity contribution in [3.05, 3.63) is 53.4 Å². The summed E-state index contributed by atoms with van der Waals surface area (Å²) in [7, 11) is 3.84. The van der Waals surface area contributed by atoms with Gasteiger partial charge in [-0.25, -0.2) is 0 Å². The minimum atomic E-state index is 0.102. The predicted octanol–water partition coefficient (Wildman–Crippen LogP) is 3.76. The molecule has 1 aliphatic rings. The van der Waals surface area contributed by atoms with E-state index in [1.54, 1.807) is 18.2 Å². The molecule has 0 saturated heterocycles. The van der Waals surface area contributed by atoms with Crippen molar-refractivity contribution in [2.75, 3.05) is 0 Å². The lowest BCUT2D eigenvalue weighted by Crippen LogP contribution is -2.35. The van der Waals surface area contributed by atoms with Gasteiger partial charge < -0.3 is 5.11 Å². The molecule has 0 bridgehead atoms. The molecule has 0 radical (unpaired) electrons. The molecular formula is C16H16ClN4O+. The summed E-state index contributed by atoms with van der Waals surface area (Å²) < 4.78 is 3.84. The molecule has 112 valence electrons. The first-order valence-electron chi connectivity index (χ1n) is 6.88. The van der Waals surface area contributed by atoms with Gasteiger partial charge in [-0.3, -0.25) is 0 Å². The van der Waals surface area contributed by atoms with Crippen molar-refractivity contribution in [3.8, 4) is 5.75 Å². The molecule has 0 spiro atoms. The van der Waals surface area contributed by atoms with Crippen molar-refractivity contribution in [2.24, 2.45) is 24.3 Å². The second-order valence-corrected chi connectivity index (χ2v) is 5.59. The zero-order valence-corrected chi connectivity index (χ0v) is 13.1. The van der Waals surface area contributed by atoms with Crippen LogP contribution in [0.15, 0.2) is 63.6 Å². The molecule has 1 heterocycles. The number of aromatic hydroxyl groups is 1. The van der Waals surface area contributed by atoms with E-state index in [1.165, 1.54) is 0 Å². The van der Waals surface area contributed by atoms with Crippen LogP contribution in [0.4, 0.5) is 5.69 Å². The number of benzene rings is 1. The number of fused-ring (bicyclic) bond motifs is 1. The lowest BCUT2D eigenvalue weighted by molar-refractivity contribution is -0.748. The molecule has 0 amide bonds. The quantitative estimate of drug-likeness (QED) is 0.666. The monoisotopic (exact) mass is 315 g/mol. The van der Waals surface area contributed by atoms with Gasteiger partial charge in [0.05, 0.1) is 18.1 Å². The Hall–Kier alpha value is -2.40. The lowest BCUT2D eigenvalue weighted by Gasteiger charge is -2.00. The maximum atomic E-state index is 10.1. The van der Waals surface area contributed by atoms with E-state index < -0.39 is 0 Å². The van der Waals surface area contributed by atoms with Gasteiger partial charge in [0.1, 0.15) is 11.3 Å². The number of hydrogen-bond donors (Lipinski definition) is 1. The third kappa shape index (κ3) is 2.67. The molecule has 3 rings (SSSR count). The number of rotatable bonds is 2. The molecule has 1 aromatic carbocycles. The van der Waals surface area contributed by atoms with Crippen LogP contribution in [0.1, 0.15) is 6.42 Å². The standard InChI is InChI=1S/C16H15ClN4O/c1-20-10-11-6-9-14(22)15(16(11)21(20)2)19-18-13-5-3-4-12(17)7-8-13/h3,5-10H,4H2,1-2H3/p+1. The van der Waals surface area contributed by atoms with Crippen LogP contribution in [-0.4, -0.2) is 9.79 Å². The fourth-order valence-corrected chi connectivity index (χ4v) is 2.49. The molecule has 5 nitrogen and oxygen atoms in total. The smallest absolute Gasteiger partial charge is 0.203 e. The minimum absolute atomic E-state index is 0.102.